The van der Waals surface area contributed by atoms with E-state index in [-0.39, 0.29) is 0 Å². The molecule has 0 saturated heterocycles. The Hall–Kier alpha value is -0.960. The molecule has 0 aliphatic carbocycles. The molecular formula is C17H27F2N. The van der Waals surface area contributed by atoms with Crippen molar-refractivity contribution in [3.05, 3.63) is 35.4 Å². The first kappa shape index (κ1) is 17.1. The van der Waals surface area contributed by atoms with Crippen LogP contribution in [0.4, 0.5) is 8.78 Å². The normalized spacial score (nSPS) is 12.6. The van der Waals surface area contributed by atoms with Crippen molar-refractivity contribution in [2.45, 2.75) is 64.3 Å². The number of benzene rings is 1. The number of hydrogen-bond donors (Lipinski definition) is 1. The summed E-state index contributed by atoms with van der Waals surface area (Å²) in [6, 6.07) is 4.07. The number of unbranched alkanes of at least 4 members (excludes halogenated alkanes) is 5. The van der Waals surface area contributed by atoms with E-state index in [2.05, 4.69) is 12.2 Å². The van der Waals surface area contributed by atoms with Crippen molar-refractivity contribution < 1.29 is 8.78 Å². The maximum absolute atomic E-state index is 13.1. The van der Waals surface area contributed by atoms with Gasteiger partial charge >= 0.3 is 0 Å². The van der Waals surface area contributed by atoms with Gasteiger partial charge in [0, 0.05) is 12.1 Å². The second-order valence-electron chi connectivity index (χ2n) is 5.52. The molecule has 0 amide bonds. The van der Waals surface area contributed by atoms with Crippen LogP contribution in [-0.4, -0.2) is 13.1 Å². The van der Waals surface area contributed by atoms with Crippen molar-refractivity contribution in [1.82, 2.24) is 5.32 Å². The van der Waals surface area contributed by atoms with Gasteiger partial charge in [0.2, 0.25) is 0 Å². The molecule has 0 heterocycles. The molecule has 114 valence electrons. The minimum absolute atomic E-state index is 0.294. The third-order valence-electron chi connectivity index (χ3n) is 3.72. The van der Waals surface area contributed by atoms with Crippen LogP contribution in [0, 0.1) is 11.6 Å². The van der Waals surface area contributed by atoms with Crippen LogP contribution in [0.2, 0.25) is 0 Å². The van der Waals surface area contributed by atoms with Crippen LogP contribution in [0.25, 0.3) is 0 Å². The first-order valence-corrected chi connectivity index (χ1v) is 7.78. The van der Waals surface area contributed by atoms with Gasteiger partial charge in [-0.25, -0.2) is 8.78 Å². The highest BCUT2D eigenvalue weighted by atomic mass is 19.1. The van der Waals surface area contributed by atoms with Gasteiger partial charge in [0.1, 0.15) is 11.6 Å². The van der Waals surface area contributed by atoms with Crippen LogP contribution in [0.5, 0.6) is 0 Å². The molecule has 0 saturated carbocycles. The smallest absolute Gasteiger partial charge is 0.126 e. The molecule has 0 radical (unpaired) electrons. The van der Waals surface area contributed by atoms with Gasteiger partial charge in [-0.1, -0.05) is 45.4 Å². The van der Waals surface area contributed by atoms with Crippen LogP contribution in [0.3, 0.4) is 0 Å². The third-order valence-corrected chi connectivity index (χ3v) is 3.72. The van der Waals surface area contributed by atoms with Gasteiger partial charge in [0.15, 0.2) is 0 Å². The molecule has 0 aliphatic rings. The van der Waals surface area contributed by atoms with Gasteiger partial charge in [-0.15, -0.1) is 0 Å². The lowest BCUT2D eigenvalue weighted by atomic mass is 9.99. The summed E-state index contributed by atoms with van der Waals surface area (Å²) in [7, 11) is 1.91. The molecule has 3 heteroatoms. The van der Waals surface area contributed by atoms with E-state index in [4.69, 9.17) is 0 Å². The minimum atomic E-state index is -0.491. The van der Waals surface area contributed by atoms with E-state index in [1.54, 1.807) is 0 Å². The van der Waals surface area contributed by atoms with Crippen LogP contribution in [0.15, 0.2) is 18.2 Å². The van der Waals surface area contributed by atoms with E-state index in [1.165, 1.54) is 50.7 Å². The van der Waals surface area contributed by atoms with Crippen molar-refractivity contribution in [2.75, 3.05) is 7.05 Å². The fraction of sp³-hybridized carbons (Fsp3) is 0.647. The highest BCUT2D eigenvalue weighted by molar-refractivity contribution is 5.18. The predicted octanol–water partition coefficient (Wildman–Crippen LogP) is 4.85. The number of hydrogen-bond acceptors (Lipinski definition) is 1. The lowest BCUT2D eigenvalue weighted by Gasteiger charge is -2.16. The average Bonchev–Trinajstić information content (AvgIpc) is 2.40. The van der Waals surface area contributed by atoms with Gasteiger partial charge in [0.25, 0.3) is 0 Å². The Balaban J connectivity index is 2.31. The first-order valence-electron chi connectivity index (χ1n) is 7.78. The molecule has 20 heavy (non-hydrogen) atoms. The van der Waals surface area contributed by atoms with Crippen LogP contribution < -0.4 is 5.32 Å². The second-order valence-corrected chi connectivity index (χ2v) is 5.52. The molecule has 1 unspecified atom stereocenters. The number of halogens is 2. The van der Waals surface area contributed by atoms with Crippen LogP contribution in [-0.2, 0) is 6.42 Å². The van der Waals surface area contributed by atoms with Crippen molar-refractivity contribution in [2.24, 2.45) is 0 Å². The van der Waals surface area contributed by atoms with Gasteiger partial charge in [-0.3, -0.25) is 0 Å². The van der Waals surface area contributed by atoms with Crippen molar-refractivity contribution >= 4 is 0 Å². The fourth-order valence-electron chi connectivity index (χ4n) is 2.53. The summed E-state index contributed by atoms with van der Waals surface area (Å²) >= 11 is 0. The highest BCUT2D eigenvalue weighted by Crippen LogP contribution is 2.14. The van der Waals surface area contributed by atoms with Crippen molar-refractivity contribution in [1.29, 1.82) is 0 Å². The summed E-state index contributed by atoms with van der Waals surface area (Å²) in [4.78, 5) is 0. The lowest BCUT2D eigenvalue weighted by molar-refractivity contribution is 0.477. The molecule has 1 aromatic carbocycles. The van der Waals surface area contributed by atoms with Gasteiger partial charge in [0.05, 0.1) is 0 Å². The summed E-state index contributed by atoms with van der Waals surface area (Å²) < 4.78 is 26.3. The minimum Gasteiger partial charge on any atom is -0.317 e. The van der Waals surface area contributed by atoms with Gasteiger partial charge in [-0.2, -0.15) is 0 Å². The number of likely N-dealkylation sites (N-methyl/N-ethyl adjacent to an activating group) is 1. The van der Waals surface area contributed by atoms with E-state index in [1.807, 2.05) is 7.05 Å². The molecule has 1 N–H and O–H groups in total. The summed E-state index contributed by atoms with van der Waals surface area (Å²) in [6.45, 7) is 2.22. The molecule has 1 rings (SSSR count). The van der Waals surface area contributed by atoms with E-state index in [0.29, 0.717) is 12.5 Å². The highest BCUT2D eigenvalue weighted by Gasteiger charge is 2.09. The first-order chi connectivity index (χ1) is 9.65. The number of nitrogens with one attached hydrogen (secondary N) is 1. The Morgan fingerprint density at radius 1 is 0.950 bits per heavy atom. The van der Waals surface area contributed by atoms with Gasteiger partial charge < -0.3 is 5.32 Å². The molecule has 0 bridgehead atoms. The number of rotatable bonds is 10. The molecule has 1 aromatic rings. The fourth-order valence-corrected chi connectivity index (χ4v) is 2.53. The summed E-state index contributed by atoms with van der Waals surface area (Å²) in [5, 5.41) is 3.25. The Bertz CT molecular complexity index is 359. The molecular weight excluding hydrogens is 256 g/mol. The summed E-state index contributed by atoms with van der Waals surface area (Å²) in [6.07, 6.45) is 9.35. The third kappa shape index (κ3) is 6.99. The zero-order valence-electron chi connectivity index (χ0n) is 12.7. The monoisotopic (exact) mass is 283 g/mol. The molecule has 0 aromatic heterocycles. The predicted molar refractivity (Wildman–Crippen MR) is 80.9 cm³/mol. The average molecular weight is 283 g/mol. The molecule has 0 aliphatic heterocycles. The Morgan fingerprint density at radius 2 is 1.55 bits per heavy atom. The van der Waals surface area contributed by atoms with E-state index in [9.17, 15) is 8.78 Å². The maximum Gasteiger partial charge on any atom is 0.126 e. The Morgan fingerprint density at radius 3 is 2.15 bits per heavy atom. The molecule has 1 atom stereocenters. The van der Waals surface area contributed by atoms with Crippen molar-refractivity contribution in [3.63, 3.8) is 0 Å². The standard InChI is InChI=1S/C17H27F2N/c1-3-4-5-6-7-8-9-17(20-2)12-14-10-15(18)13-16(19)11-14/h10-11,13,17,20H,3-9,12H2,1-2H3. The molecule has 0 spiro atoms. The molecule has 0 fully saturated rings. The summed E-state index contributed by atoms with van der Waals surface area (Å²) in [5.74, 6) is -0.983. The molecule has 1 nitrogen and oxygen atoms in total. The van der Waals surface area contributed by atoms with Crippen molar-refractivity contribution in [3.8, 4) is 0 Å². The van der Waals surface area contributed by atoms with Crippen LogP contribution >= 0.6 is 0 Å². The van der Waals surface area contributed by atoms with E-state index in [0.717, 1.165) is 18.1 Å². The SMILES string of the molecule is CCCCCCCCC(Cc1cc(F)cc(F)c1)NC. The van der Waals surface area contributed by atoms with E-state index >= 15 is 0 Å². The Labute approximate surface area is 121 Å². The zero-order chi connectivity index (χ0) is 14.8. The largest absolute Gasteiger partial charge is 0.317 e. The topological polar surface area (TPSA) is 12.0 Å². The zero-order valence-corrected chi connectivity index (χ0v) is 12.7. The maximum atomic E-state index is 13.1. The Kier molecular flexibility index (Phi) is 8.43. The van der Waals surface area contributed by atoms with E-state index < -0.39 is 11.6 Å². The van der Waals surface area contributed by atoms with Crippen LogP contribution in [0.1, 0.15) is 57.4 Å². The summed E-state index contributed by atoms with van der Waals surface area (Å²) in [5.41, 5.74) is 0.729. The van der Waals surface area contributed by atoms with Gasteiger partial charge in [-0.05, 0) is 37.6 Å². The lowest BCUT2D eigenvalue weighted by Crippen LogP contribution is -2.27. The second kappa shape index (κ2) is 9.87. The quantitative estimate of drug-likeness (QED) is 0.605.